The van der Waals surface area contributed by atoms with E-state index >= 15 is 0 Å². The van der Waals surface area contributed by atoms with Crippen LogP contribution >= 0.6 is 11.8 Å². The molecule has 0 bridgehead atoms. The van der Waals surface area contributed by atoms with E-state index < -0.39 is 0 Å². The third kappa shape index (κ3) is 3.45. The van der Waals surface area contributed by atoms with Gasteiger partial charge in [0.1, 0.15) is 0 Å². The zero-order valence-electron chi connectivity index (χ0n) is 9.11. The second kappa shape index (κ2) is 5.45. The molecule has 2 heteroatoms. The van der Waals surface area contributed by atoms with Crippen LogP contribution in [-0.2, 0) is 5.75 Å². The van der Waals surface area contributed by atoms with E-state index in [9.17, 15) is 0 Å². The summed E-state index contributed by atoms with van der Waals surface area (Å²) in [6.07, 6.45) is 7.14. The lowest BCUT2D eigenvalue weighted by Gasteiger charge is -2.20. The Morgan fingerprint density at radius 1 is 1.07 bits per heavy atom. The van der Waals surface area contributed by atoms with Gasteiger partial charge in [-0.1, -0.05) is 31.4 Å². The fourth-order valence-corrected chi connectivity index (χ4v) is 3.35. The highest BCUT2D eigenvalue weighted by Crippen LogP contribution is 2.30. The number of benzene rings is 1. The summed E-state index contributed by atoms with van der Waals surface area (Å²) in [6.45, 7) is 0. The molecule has 0 heterocycles. The molecule has 1 saturated carbocycles. The van der Waals surface area contributed by atoms with E-state index in [1.54, 1.807) is 0 Å². The number of nitrogens with two attached hydrogens (primary N) is 1. The molecule has 2 rings (SSSR count). The average molecular weight is 221 g/mol. The number of nitrogen functional groups attached to an aromatic ring is 1. The van der Waals surface area contributed by atoms with Gasteiger partial charge in [-0.15, -0.1) is 0 Å². The van der Waals surface area contributed by atoms with E-state index in [1.165, 1.54) is 37.7 Å². The van der Waals surface area contributed by atoms with Crippen molar-refractivity contribution in [2.45, 2.75) is 43.1 Å². The first-order valence-electron chi connectivity index (χ1n) is 5.80. The maximum atomic E-state index is 5.66. The van der Waals surface area contributed by atoms with Crippen LogP contribution in [0.5, 0.6) is 0 Å². The zero-order valence-corrected chi connectivity index (χ0v) is 9.93. The van der Waals surface area contributed by atoms with Crippen molar-refractivity contribution in [3.05, 3.63) is 29.8 Å². The zero-order chi connectivity index (χ0) is 10.5. The van der Waals surface area contributed by atoms with Crippen LogP contribution in [0.1, 0.15) is 37.7 Å². The molecule has 0 radical (unpaired) electrons. The molecular formula is C13H19NS. The molecule has 0 saturated heterocycles. The van der Waals surface area contributed by atoms with Gasteiger partial charge in [-0.25, -0.2) is 0 Å². The predicted octanol–water partition coefficient (Wildman–Crippen LogP) is 3.83. The van der Waals surface area contributed by atoms with Gasteiger partial charge in [0, 0.05) is 16.7 Å². The van der Waals surface area contributed by atoms with Gasteiger partial charge >= 0.3 is 0 Å². The summed E-state index contributed by atoms with van der Waals surface area (Å²) in [5.74, 6) is 1.14. The topological polar surface area (TPSA) is 26.0 Å². The number of hydrogen-bond donors (Lipinski definition) is 1. The van der Waals surface area contributed by atoms with Crippen LogP contribution in [0.15, 0.2) is 24.3 Å². The first kappa shape index (κ1) is 10.9. The van der Waals surface area contributed by atoms with E-state index in [-0.39, 0.29) is 0 Å². The van der Waals surface area contributed by atoms with Crippen LogP contribution in [0.4, 0.5) is 5.69 Å². The van der Waals surface area contributed by atoms with Gasteiger partial charge in [-0.3, -0.25) is 0 Å². The van der Waals surface area contributed by atoms with E-state index in [1.807, 2.05) is 12.1 Å². The molecule has 0 unspecified atom stereocenters. The van der Waals surface area contributed by atoms with Gasteiger partial charge in [0.05, 0.1) is 0 Å². The monoisotopic (exact) mass is 221 g/mol. The van der Waals surface area contributed by atoms with Crippen LogP contribution < -0.4 is 5.73 Å². The van der Waals surface area contributed by atoms with E-state index in [4.69, 9.17) is 5.73 Å². The van der Waals surface area contributed by atoms with E-state index in [0.29, 0.717) is 0 Å². The minimum atomic E-state index is 0.862. The van der Waals surface area contributed by atoms with E-state index in [0.717, 1.165) is 16.7 Å². The van der Waals surface area contributed by atoms with Gasteiger partial charge < -0.3 is 5.73 Å². The Bertz CT molecular complexity index is 288. The van der Waals surface area contributed by atoms with Crippen molar-refractivity contribution in [2.24, 2.45) is 0 Å². The summed E-state index contributed by atoms with van der Waals surface area (Å²) >= 11 is 2.12. The van der Waals surface area contributed by atoms with Gasteiger partial charge in [0.15, 0.2) is 0 Å². The van der Waals surface area contributed by atoms with Gasteiger partial charge in [0.25, 0.3) is 0 Å². The van der Waals surface area contributed by atoms with Crippen LogP contribution in [0, 0.1) is 0 Å². The first-order chi connectivity index (χ1) is 7.34. The molecule has 1 nitrogen and oxygen atoms in total. The molecule has 0 aromatic heterocycles. The summed E-state index contributed by atoms with van der Waals surface area (Å²) < 4.78 is 0. The Labute approximate surface area is 96.4 Å². The average Bonchev–Trinajstić information content (AvgIpc) is 2.30. The Morgan fingerprint density at radius 3 is 2.40 bits per heavy atom. The third-order valence-corrected chi connectivity index (χ3v) is 4.46. The molecule has 82 valence electrons. The molecule has 1 aliphatic rings. The van der Waals surface area contributed by atoms with Crippen molar-refractivity contribution in [1.29, 1.82) is 0 Å². The smallest absolute Gasteiger partial charge is 0.0314 e. The molecule has 1 aromatic carbocycles. The first-order valence-corrected chi connectivity index (χ1v) is 6.85. The van der Waals surface area contributed by atoms with Crippen molar-refractivity contribution >= 4 is 17.4 Å². The van der Waals surface area contributed by atoms with E-state index in [2.05, 4.69) is 23.9 Å². The number of thioether (sulfide) groups is 1. The largest absolute Gasteiger partial charge is 0.399 e. The summed E-state index contributed by atoms with van der Waals surface area (Å²) in [6, 6.07) is 8.28. The molecule has 0 aliphatic heterocycles. The van der Waals surface area contributed by atoms with Crippen molar-refractivity contribution in [3.63, 3.8) is 0 Å². The second-order valence-corrected chi connectivity index (χ2v) is 5.60. The molecule has 15 heavy (non-hydrogen) atoms. The third-order valence-electron chi connectivity index (χ3n) is 3.02. The fourth-order valence-electron chi connectivity index (χ4n) is 2.06. The summed E-state index contributed by atoms with van der Waals surface area (Å²) in [7, 11) is 0. The van der Waals surface area contributed by atoms with Crippen LogP contribution in [0.3, 0.4) is 0 Å². The Balaban J connectivity index is 1.79. The van der Waals surface area contributed by atoms with Crippen LogP contribution in [0.25, 0.3) is 0 Å². The number of anilines is 1. The van der Waals surface area contributed by atoms with Crippen molar-refractivity contribution in [2.75, 3.05) is 5.73 Å². The normalized spacial score (nSPS) is 17.9. The van der Waals surface area contributed by atoms with Gasteiger partial charge in [0.2, 0.25) is 0 Å². The van der Waals surface area contributed by atoms with Crippen molar-refractivity contribution in [3.8, 4) is 0 Å². The lowest BCUT2D eigenvalue weighted by Crippen LogP contribution is -2.08. The van der Waals surface area contributed by atoms with Crippen molar-refractivity contribution in [1.82, 2.24) is 0 Å². The minimum absolute atomic E-state index is 0.862. The molecule has 1 aliphatic carbocycles. The Hall–Kier alpha value is -0.630. The van der Waals surface area contributed by atoms with Crippen molar-refractivity contribution < 1.29 is 0 Å². The lowest BCUT2D eigenvalue weighted by molar-refractivity contribution is 0.516. The lowest BCUT2D eigenvalue weighted by atomic mass is 10.0. The molecule has 0 atom stereocenters. The predicted molar refractivity (Wildman–Crippen MR) is 69.0 cm³/mol. The van der Waals surface area contributed by atoms with Crippen LogP contribution in [0.2, 0.25) is 0 Å². The fraction of sp³-hybridized carbons (Fsp3) is 0.538. The molecule has 1 fully saturated rings. The highest BCUT2D eigenvalue weighted by molar-refractivity contribution is 7.99. The van der Waals surface area contributed by atoms with Gasteiger partial charge in [-0.2, -0.15) is 11.8 Å². The molecule has 0 spiro atoms. The molecule has 0 amide bonds. The molecule has 1 aromatic rings. The second-order valence-electron chi connectivity index (χ2n) is 4.31. The molecular weight excluding hydrogens is 202 g/mol. The standard InChI is InChI=1S/C13H19NS/c14-12-8-6-11(7-9-12)10-15-13-4-2-1-3-5-13/h6-9,13H,1-5,10,14H2. The van der Waals surface area contributed by atoms with Crippen LogP contribution in [-0.4, -0.2) is 5.25 Å². The maximum absolute atomic E-state index is 5.66. The summed E-state index contributed by atoms with van der Waals surface area (Å²) in [5, 5.41) is 0.899. The minimum Gasteiger partial charge on any atom is -0.399 e. The quantitative estimate of drug-likeness (QED) is 0.785. The number of rotatable bonds is 3. The Morgan fingerprint density at radius 2 is 1.73 bits per heavy atom. The Kier molecular flexibility index (Phi) is 3.95. The highest BCUT2D eigenvalue weighted by atomic mass is 32.2. The maximum Gasteiger partial charge on any atom is 0.0314 e. The SMILES string of the molecule is Nc1ccc(CSC2CCCCC2)cc1. The summed E-state index contributed by atoms with van der Waals surface area (Å²) in [5.41, 5.74) is 7.92. The highest BCUT2D eigenvalue weighted by Gasteiger charge is 2.13. The van der Waals surface area contributed by atoms with Gasteiger partial charge in [-0.05, 0) is 30.5 Å². The summed E-state index contributed by atoms with van der Waals surface area (Å²) in [4.78, 5) is 0. The number of hydrogen-bond acceptors (Lipinski definition) is 2. The molecule has 2 N–H and O–H groups in total.